The van der Waals surface area contributed by atoms with E-state index in [0.29, 0.717) is 28.9 Å². The highest BCUT2D eigenvalue weighted by atomic mass is 32.2. The summed E-state index contributed by atoms with van der Waals surface area (Å²) in [4.78, 5) is 16.0. The number of rotatable bonds is 4. The third-order valence-corrected chi connectivity index (χ3v) is 2.82. The average molecular weight is 291 g/mol. The normalized spacial score (nSPS) is 11.1. The van der Waals surface area contributed by atoms with Gasteiger partial charge in [-0.05, 0) is 36.4 Å². The second-order valence-electron chi connectivity index (χ2n) is 4.40. The monoisotopic (exact) mass is 291 g/mol. The molecule has 0 unspecified atom stereocenters. The summed E-state index contributed by atoms with van der Waals surface area (Å²) in [6, 6.07) is 6.74. The summed E-state index contributed by atoms with van der Waals surface area (Å²) in [5.74, 6) is -0.0292. The van der Waals surface area contributed by atoms with Crippen LogP contribution < -0.4 is 5.32 Å². The smallest absolute Gasteiger partial charge is 0.338 e. The molecule has 6 heteroatoms. The van der Waals surface area contributed by atoms with Gasteiger partial charge in [0.15, 0.2) is 11.4 Å². The van der Waals surface area contributed by atoms with Crippen LogP contribution in [0, 0.1) is 17.4 Å². The van der Waals surface area contributed by atoms with Gasteiger partial charge in [-0.25, -0.2) is 9.79 Å². The first-order valence-electron chi connectivity index (χ1n) is 6.11. The van der Waals surface area contributed by atoms with Crippen LogP contribution in [0.2, 0.25) is 0 Å². The molecule has 0 bridgehead atoms. The quantitative estimate of drug-likeness (QED) is 0.303. The molecule has 0 aromatic heterocycles. The van der Waals surface area contributed by atoms with E-state index >= 15 is 0 Å². The number of nitrogens with one attached hydrogen (secondary N) is 1. The van der Waals surface area contributed by atoms with Gasteiger partial charge in [-0.15, -0.1) is 0 Å². The highest BCUT2D eigenvalue weighted by molar-refractivity contribution is 8.13. The maximum Gasteiger partial charge on any atom is 0.338 e. The van der Waals surface area contributed by atoms with Crippen molar-refractivity contribution in [3.8, 4) is 6.19 Å². The van der Waals surface area contributed by atoms with Gasteiger partial charge >= 0.3 is 5.97 Å². The molecule has 0 aliphatic heterocycles. The Kier molecular flexibility index (Phi) is 6.60. The fraction of sp³-hybridized carbons (Fsp3) is 0.357. The van der Waals surface area contributed by atoms with Crippen LogP contribution in [-0.4, -0.2) is 24.0 Å². The van der Waals surface area contributed by atoms with E-state index in [0.717, 1.165) is 0 Å². The van der Waals surface area contributed by atoms with Crippen molar-refractivity contribution in [2.45, 2.75) is 13.8 Å². The van der Waals surface area contributed by atoms with Crippen LogP contribution in [0.5, 0.6) is 0 Å². The van der Waals surface area contributed by atoms with Gasteiger partial charge < -0.3 is 4.74 Å². The van der Waals surface area contributed by atoms with Crippen LogP contribution in [-0.2, 0) is 4.74 Å². The number of carbonyl (C=O) groups is 1. The van der Waals surface area contributed by atoms with E-state index in [2.05, 4.69) is 10.3 Å². The van der Waals surface area contributed by atoms with Gasteiger partial charge in [-0.1, -0.05) is 25.6 Å². The summed E-state index contributed by atoms with van der Waals surface area (Å²) in [7, 11) is 0. The van der Waals surface area contributed by atoms with Crippen molar-refractivity contribution in [3.05, 3.63) is 29.8 Å². The summed E-state index contributed by atoms with van der Waals surface area (Å²) in [6.07, 6.45) is 3.64. The van der Waals surface area contributed by atoms with E-state index < -0.39 is 0 Å². The van der Waals surface area contributed by atoms with Gasteiger partial charge in [0.25, 0.3) is 0 Å². The number of carbonyl (C=O) groups excluding carboxylic acids is 1. The molecule has 0 amide bonds. The van der Waals surface area contributed by atoms with E-state index in [1.165, 1.54) is 11.8 Å². The Morgan fingerprint density at radius 1 is 1.45 bits per heavy atom. The summed E-state index contributed by atoms with van der Waals surface area (Å²) in [5, 5.41) is 11.5. The van der Waals surface area contributed by atoms with Crippen molar-refractivity contribution >= 4 is 28.6 Å². The summed E-state index contributed by atoms with van der Waals surface area (Å²) < 4.78 is 5.14. The fourth-order valence-electron chi connectivity index (χ4n) is 1.29. The Morgan fingerprint density at radius 3 is 2.60 bits per heavy atom. The molecule has 1 rings (SSSR count). The standard InChI is InChI=1S/C14H17N3O2S/c1-10(2)8-19-13(18)11-4-6-12(7-5-11)17-14(20-3)16-9-15/h4-7,10H,8H2,1-3H3,(H,16,17). The zero-order chi connectivity index (χ0) is 15.0. The lowest BCUT2D eigenvalue weighted by atomic mass is 10.2. The molecule has 1 aromatic rings. The van der Waals surface area contributed by atoms with E-state index in [1.54, 1.807) is 24.3 Å². The van der Waals surface area contributed by atoms with Crippen molar-refractivity contribution < 1.29 is 9.53 Å². The van der Waals surface area contributed by atoms with Crippen LogP contribution in [0.4, 0.5) is 5.69 Å². The lowest BCUT2D eigenvalue weighted by Crippen LogP contribution is -2.12. The Morgan fingerprint density at radius 2 is 2.10 bits per heavy atom. The number of amidine groups is 1. The Balaban J connectivity index is 2.73. The van der Waals surface area contributed by atoms with Gasteiger partial charge in [0.05, 0.1) is 17.9 Å². The molecule has 0 aliphatic carbocycles. The van der Waals surface area contributed by atoms with Crippen molar-refractivity contribution in [1.82, 2.24) is 5.32 Å². The number of benzene rings is 1. The first-order valence-corrected chi connectivity index (χ1v) is 7.34. The summed E-state index contributed by atoms with van der Waals surface area (Å²) in [5.41, 5.74) is 1.15. The van der Waals surface area contributed by atoms with Gasteiger partial charge in [-0.2, -0.15) is 5.26 Å². The molecule has 5 nitrogen and oxygen atoms in total. The van der Waals surface area contributed by atoms with Crippen LogP contribution >= 0.6 is 11.8 Å². The fourth-order valence-corrected chi connectivity index (χ4v) is 1.63. The van der Waals surface area contributed by atoms with Crippen molar-refractivity contribution in [3.63, 3.8) is 0 Å². The molecule has 0 aliphatic rings. The molecule has 1 N–H and O–H groups in total. The number of ether oxygens (including phenoxy) is 1. The highest BCUT2D eigenvalue weighted by Gasteiger charge is 2.07. The molecule has 20 heavy (non-hydrogen) atoms. The minimum absolute atomic E-state index is 0.309. The number of thioether (sulfide) groups is 1. The van der Waals surface area contributed by atoms with E-state index in [4.69, 9.17) is 10.00 Å². The van der Waals surface area contributed by atoms with Crippen molar-refractivity contribution in [2.75, 3.05) is 12.9 Å². The van der Waals surface area contributed by atoms with E-state index in [9.17, 15) is 4.79 Å². The number of hydrogen-bond acceptors (Lipinski definition) is 5. The number of esters is 1. The van der Waals surface area contributed by atoms with Crippen LogP contribution in [0.1, 0.15) is 24.2 Å². The zero-order valence-electron chi connectivity index (χ0n) is 11.7. The van der Waals surface area contributed by atoms with E-state index in [1.807, 2.05) is 26.3 Å². The Bertz CT molecular complexity index is 518. The number of nitrogens with zero attached hydrogens (tertiary/aromatic N) is 2. The molecule has 0 saturated heterocycles. The third-order valence-electron chi connectivity index (χ3n) is 2.24. The molecule has 0 saturated carbocycles. The molecular weight excluding hydrogens is 274 g/mol. The predicted molar refractivity (Wildman–Crippen MR) is 80.9 cm³/mol. The molecule has 0 heterocycles. The van der Waals surface area contributed by atoms with Gasteiger partial charge in [0.2, 0.25) is 0 Å². The number of aliphatic imine (C=N–C) groups is 1. The lowest BCUT2D eigenvalue weighted by molar-refractivity contribution is 0.0459. The molecule has 106 valence electrons. The molecule has 1 aromatic carbocycles. The first-order chi connectivity index (χ1) is 9.56. The molecule has 0 radical (unpaired) electrons. The second-order valence-corrected chi connectivity index (χ2v) is 5.19. The van der Waals surface area contributed by atoms with E-state index in [-0.39, 0.29) is 5.97 Å². The summed E-state index contributed by atoms with van der Waals surface area (Å²) in [6.45, 7) is 4.37. The molecule has 0 spiro atoms. The third kappa shape index (κ3) is 5.33. The number of nitriles is 1. The minimum Gasteiger partial charge on any atom is -0.462 e. The first kappa shape index (κ1) is 16.1. The van der Waals surface area contributed by atoms with Crippen LogP contribution in [0.15, 0.2) is 29.3 Å². The Labute approximate surface area is 123 Å². The van der Waals surface area contributed by atoms with Gasteiger partial charge in [-0.3, -0.25) is 5.32 Å². The molecular formula is C14H17N3O2S. The van der Waals surface area contributed by atoms with Crippen LogP contribution in [0.3, 0.4) is 0 Å². The SMILES string of the molecule is CSC(=Nc1ccc(C(=O)OCC(C)C)cc1)NC#N. The Hall–Kier alpha value is -2.00. The van der Waals surface area contributed by atoms with Crippen molar-refractivity contribution in [2.24, 2.45) is 10.9 Å². The minimum atomic E-state index is -0.338. The average Bonchev–Trinajstić information content (AvgIpc) is 2.45. The summed E-state index contributed by atoms with van der Waals surface area (Å²) >= 11 is 1.34. The maximum absolute atomic E-state index is 11.7. The van der Waals surface area contributed by atoms with Gasteiger partial charge in [0, 0.05) is 0 Å². The van der Waals surface area contributed by atoms with Gasteiger partial charge in [0.1, 0.15) is 0 Å². The topological polar surface area (TPSA) is 74.5 Å². The molecule has 0 atom stereocenters. The maximum atomic E-state index is 11.7. The highest BCUT2D eigenvalue weighted by Crippen LogP contribution is 2.15. The largest absolute Gasteiger partial charge is 0.462 e. The lowest BCUT2D eigenvalue weighted by Gasteiger charge is -2.07. The molecule has 0 fully saturated rings. The van der Waals surface area contributed by atoms with Crippen LogP contribution in [0.25, 0.3) is 0 Å². The second kappa shape index (κ2) is 8.23. The number of hydrogen-bond donors (Lipinski definition) is 1. The predicted octanol–water partition coefficient (Wildman–Crippen LogP) is 2.92. The zero-order valence-corrected chi connectivity index (χ0v) is 12.5. The van der Waals surface area contributed by atoms with Crippen molar-refractivity contribution in [1.29, 1.82) is 5.26 Å².